The molecule has 2 aromatic carbocycles. The number of carbonyl (C=O) groups excluding carboxylic acids is 3. The molecule has 4 rings (SSSR count). The number of piperazine rings is 1. The first-order valence-electron chi connectivity index (χ1n) is 9.44. The highest BCUT2D eigenvalue weighted by molar-refractivity contribution is 6.43. The molecular weight excluding hydrogens is 370 g/mol. The summed E-state index contributed by atoms with van der Waals surface area (Å²) < 4.78 is 5.21. The fourth-order valence-electron chi connectivity index (χ4n) is 3.60. The van der Waals surface area contributed by atoms with E-state index in [1.165, 1.54) is 11.8 Å². The van der Waals surface area contributed by atoms with Crippen molar-refractivity contribution < 1.29 is 18.8 Å². The zero-order chi connectivity index (χ0) is 20.4. The van der Waals surface area contributed by atoms with E-state index in [0.717, 1.165) is 19.6 Å². The number of primary amides is 1. The third kappa shape index (κ3) is 3.90. The van der Waals surface area contributed by atoms with Crippen LogP contribution < -0.4 is 5.73 Å². The summed E-state index contributed by atoms with van der Waals surface area (Å²) in [5.74, 6) is -2.23. The number of carbonyl (C=O) groups is 3. The molecule has 0 radical (unpaired) electrons. The summed E-state index contributed by atoms with van der Waals surface area (Å²) in [7, 11) is 0. The maximum absolute atomic E-state index is 12.9. The molecule has 2 heterocycles. The van der Waals surface area contributed by atoms with Crippen LogP contribution in [0.15, 0.2) is 59.2 Å². The first-order valence-corrected chi connectivity index (χ1v) is 9.44. The van der Waals surface area contributed by atoms with E-state index in [1.807, 2.05) is 18.2 Å². The summed E-state index contributed by atoms with van der Waals surface area (Å²) in [6.45, 7) is 3.70. The van der Waals surface area contributed by atoms with Crippen LogP contribution in [0.25, 0.3) is 10.8 Å². The molecule has 0 aliphatic carbocycles. The van der Waals surface area contributed by atoms with Gasteiger partial charge in [0, 0.05) is 49.1 Å². The number of hydrogen-bond donors (Lipinski definition) is 1. The number of nitrogens with zero attached hydrogens (tertiary/aromatic N) is 2. The lowest BCUT2D eigenvalue weighted by molar-refractivity contribution is -0.114. The second-order valence-corrected chi connectivity index (χ2v) is 7.11. The lowest BCUT2D eigenvalue weighted by atomic mass is 10.1. The van der Waals surface area contributed by atoms with Gasteiger partial charge in [-0.15, -0.1) is 0 Å². The van der Waals surface area contributed by atoms with E-state index in [2.05, 4.69) is 17.0 Å². The fraction of sp³-hybridized carbons (Fsp3) is 0.227. The normalized spacial score (nSPS) is 14.8. The zero-order valence-electron chi connectivity index (χ0n) is 15.8. The summed E-state index contributed by atoms with van der Waals surface area (Å²) in [6, 6.07) is 15.2. The fourth-order valence-corrected chi connectivity index (χ4v) is 3.60. The van der Waals surface area contributed by atoms with Crippen molar-refractivity contribution in [2.75, 3.05) is 26.2 Å². The monoisotopic (exact) mass is 391 g/mol. The predicted octanol–water partition coefficient (Wildman–Crippen LogP) is 2.06. The number of hydrogen-bond acceptors (Lipinski definition) is 5. The smallest absolute Gasteiger partial charge is 0.293 e. The second-order valence-electron chi connectivity index (χ2n) is 7.11. The Hall–Kier alpha value is -3.45. The van der Waals surface area contributed by atoms with Gasteiger partial charge in [-0.2, -0.15) is 0 Å². The average Bonchev–Trinajstić information content (AvgIpc) is 3.17. The van der Waals surface area contributed by atoms with E-state index < -0.39 is 11.7 Å². The van der Waals surface area contributed by atoms with Gasteiger partial charge in [0.1, 0.15) is 0 Å². The molecule has 1 saturated heterocycles. The molecule has 7 nitrogen and oxygen atoms in total. The van der Waals surface area contributed by atoms with Gasteiger partial charge in [0.05, 0.1) is 6.26 Å². The Morgan fingerprint density at radius 2 is 1.69 bits per heavy atom. The second kappa shape index (κ2) is 7.89. The number of Topliss-reactive ketones (excluding diaryl/α,β-unsaturated/α-hetero) is 1. The predicted molar refractivity (Wildman–Crippen MR) is 107 cm³/mol. The summed E-state index contributed by atoms with van der Waals surface area (Å²) in [5.41, 5.74) is 6.78. The van der Waals surface area contributed by atoms with Crippen LogP contribution in [0, 0.1) is 0 Å². The van der Waals surface area contributed by atoms with Crippen molar-refractivity contribution >= 4 is 28.4 Å². The molecule has 0 unspecified atom stereocenters. The summed E-state index contributed by atoms with van der Waals surface area (Å²) in [6.07, 6.45) is 1.38. The third-order valence-electron chi connectivity index (χ3n) is 5.19. The van der Waals surface area contributed by atoms with E-state index in [9.17, 15) is 14.4 Å². The summed E-state index contributed by atoms with van der Waals surface area (Å²) in [5, 5.41) is 1.06. The molecule has 7 heteroatoms. The van der Waals surface area contributed by atoms with Crippen LogP contribution in [0.2, 0.25) is 0 Å². The molecule has 1 aliphatic rings. The lowest BCUT2D eigenvalue weighted by Crippen LogP contribution is -2.48. The first-order chi connectivity index (χ1) is 14.0. The van der Waals surface area contributed by atoms with Crippen LogP contribution in [-0.2, 0) is 11.3 Å². The maximum Gasteiger partial charge on any atom is 0.293 e. The molecule has 1 fully saturated rings. The topological polar surface area (TPSA) is 96.8 Å². The van der Waals surface area contributed by atoms with Crippen molar-refractivity contribution in [2.24, 2.45) is 5.73 Å². The van der Waals surface area contributed by atoms with Gasteiger partial charge in [0.15, 0.2) is 5.76 Å². The van der Waals surface area contributed by atoms with Gasteiger partial charge in [-0.05, 0) is 17.7 Å². The van der Waals surface area contributed by atoms with Gasteiger partial charge < -0.3 is 15.1 Å². The van der Waals surface area contributed by atoms with E-state index in [4.69, 9.17) is 10.2 Å². The van der Waals surface area contributed by atoms with E-state index in [-0.39, 0.29) is 11.7 Å². The minimum Gasteiger partial charge on any atom is -0.459 e. The number of furan rings is 1. The van der Waals surface area contributed by atoms with E-state index >= 15 is 0 Å². The van der Waals surface area contributed by atoms with Gasteiger partial charge in [-0.1, -0.05) is 36.4 Å². The van der Waals surface area contributed by atoms with E-state index in [0.29, 0.717) is 29.4 Å². The SMILES string of the molecule is NC(=O)C(=O)c1occ2ccc(C(=O)N3CCN(Cc4ccccc4)CC3)cc12. The largest absolute Gasteiger partial charge is 0.459 e. The number of nitrogens with two attached hydrogens (primary N) is 1. The number of rotatable bonds is 5. The van der Waals surface area contributed by atoms with Crippen LogP contribution in [0.1, 0.15) is 26.5 Å². The van der Waals surface area contributed by atoms with Gasteiger partial charge in [0.25, 0.3) is 17.6 Å². The molecule has 1 aromatic heterocycles. The number of amides is 2. The highest BCUT2D eigenvalue weighted by atomic mass is 16.3. The number of benzene rings is 2. The molecule has 2 amide bonds. The third-order valence-corrected chi connectivity index (χ3v) is 5.19. The van der Waals surface area contributed by atoms with Gasteiger partial charge in [0.2, 0.25) is 0 Å². The average molecular weight is 391 g/mol. The molecule has 2 N–H and O–H groups in total. The Kier molecular flexibility index (Phi) is 5.14. The van der Waals surface area contributed by atoms with Crippen LogP contribution in [0.5, 0.6) is 0 Å². The Morgan fingerprint density at radius 3 is 2.38 bits per heavy atom. The molecule has 148 valence electrons. The molecule has 0 saturated carbocycles. The Labute approximate surface area is 167 Å². The van der Waals surface area contributed by atoms with E-state index in [1.54, 1.807) is 23.1 Å². The molecule has 29 heavy (non-hydrogen) atoms. The minimum atomic E-state index is -1.09. The molecule has 0 spiro atoms. The van der Waals surface area contributed by atoms with Crippen LogP contribution in [-0.4, -0.2) is 53.6 Å². The Morgan fingerprint density at radius 1 is 0.966 bits per heavy atom. The van der Waals surface area contributed by atoms with Crippen molar-refractivity contribution in [1.29, 1.82) is 0 Å². The van der Waals surface area contributed by atoms with Crippen molar-refractivity contribution in [1.82, 2.24) is 9.80 Å². The van der Waals surface area contributed by atoms with Crippen LogP contribution in [0.4, 0.5) is 0 Å². The number of fused-ring (bicyclic) bond motifs is 1. The number of ketones is 1. The molecule has 0 bridgehead atoms. The maximum atomic E-state index is 12.9. The Bertz CT molecular complexity index is 1070. The van der Waals surface area contributed by atoms with Crippen molar-refractivity contribution in [3.8, 4) is 0 Å². The van der Waals surface area contributed by atoms with Crippen molar-refractivity contribution in [2.45, 2.75) is 6.54 Å². The minimum absolute atomic E-state index is 0.107. The highest BCUT2D eigenvalue weighted by Gasteiger charge is 2.24. The van der Waals surface area contributed by atoms with Crippen molar-refractivity contribution in [3.05, 3.63) is 71.7 Å². The molecule has 1 aliphatic heterocycles. The Balaban J connectivity index is 1.46. The molecule has 0 atom stereocenters. The summed E-state index contributed by atoms with van der Waals surface area (Å²) >= 11 is 0. The van der Waals surface area contributed by atoms with Crippen LogP contribution >= 0.6 is 0 Å². The van der Waals surface area contributed by atoms with Gasteiger partial charge in [-0.25, -0.2) is 0 Å². The van der Waals surface area contributed by atoms with Crippen molar-refractivity contribution in [3.63, 3.8) is 0 Å². The standard InChI is InChI=1S/C22H21N3O4/c23-21(27)19(26)20-18-12-16(6-7-17(18)14-29-20)22(28)25-10-8-24(9-11-25)13-15-4-2-1-3-5-15/h1-7,12,14H,8-11,13H2,(H2,23,27). The van der Waals surface area contributed by atoms with Crippen LogP contribution in [0.3, 0.4) is 0 Å². The molecular formula is C22H21N3O4. The molecule has 3 aromatic rings. The van der Waals surface area contributed by atoms with Gasteiger partial charge >= 0.3 is 0 Å². The summed E-state index contributed by atoms with van der Waals surface area (Å²) in [4.78, 5) is 40.2. The lowest BCUT2D eigenvalue weighted by Gasteiger charge is -2.34. The first kappa shape index (κ1) is 18.9. The van der Waals surface area contributed by atoms with Gasteiger partial charge in [-0.3, -0.25) is 19.3 Å². The quantitative estimate of drug-likeness (QED) is 0.530. The zero-order valence-corrected chi connectivity index (χ0v) is 15.8. The highest BCUT2D eigenvalue weighted by Crippen LogP contribution is 2.24.